The van der Waals surface area contributed by atoms with E-state index in [0.717, 1.165) is 27.9 Å². The van der Waals surface area contributed by atoms with Crippen LogP contribution in [0, 0.1) is 6.92 Å². The fraction of sp³-hybridized carbons (Fsp3) is 0.0833. The summed E-state index contributed by atoms with van der Waals surface area (Å²) in [5.41, 5.74) is 4.93. The van der Waals surface area contributed by atoms with E-state index in [9.17, 15) is 4.79 Å². The Morgan fingerprint density at radius 1 is 1.03 bits per heavy atom. The molecule has 2 heterocycles. The van der Waals surface area contributed by atoms with Crippen LogP contribution in [-0.4, -0.2) is 9.38 Å². The molecule has 0 radical (unpaired) electrons. The Labute approximate surface area is 171 Å². The Morgan fingerprint density at radius 3 is 2.72 bits per heavy atom. The zero-order valence-electron chi connectivity index (χ0n) is 15.8. The molecule has 0 fully saturated rings. The van der Waals surface area contributed by atoms with Crippen LogP contribution in [0.1, 0.15) is 16.7 Å². The molecule has 4 nitrogen and oxygen atoms in total. The van der Waals surface area contributed by atoms with E-state index in [-0.39, 0.29) is 5.56 Å². The largest absolute Gasteiger partial charge is 0.489 e. The van der Waals surface area contributed by atoms with Crippen molar-refractivity contribution in [2.75, 3.05) is 0 Å². The van der Waals surface area contributed by atoms with E-state index in [0.29, 0.717) is 16.1 Å². The fourth-order valence-electron chi connectivity index (χ4n) is 3.31. The first-order valence-electron chi connectivity index (χ1n) is 9.37. The van der Waals surface area contributed by atoms with Gasteiger partial charge in [0.2, 0.25) is 0 Å². The summed E-state index contributed by atoms with van der Waals surface area (Å²) >= 11 is 1.40. The van der Waals surface area contributed by atoms with Crippen LogP contribution in [-0.2, 0) is 6.61 Å². The molecular weight excluding hydrogens is 380 g/mol. The van der Waals surface area contributed by atoms with Gasteiger partial charge in [-0.1, -0.05) is 65.4 Å². The fourth-order valence-corrected chi connectivity index (χ4v) is 4.30. The van der Waals surface area contributed by atoms with E-state index in [1.54, 1.807) is 4.40 Å². The minimum absolute atomic E-state index is 0.0373. The monoisotopic (exact) mass is 398 g/mol. The van der Waals surface area contributed by atoms with Crippen molar-refractivity contribution in [1.29, 1.82) is 0 Å². The molecule has 2 aromatic heterocycles. The molecule has 0 aliphatic carbocycles. The first-order valence-corrected chi connectivity index (χ1v) is 10.2. The third-order valence-corrected chi connectivity index (χ3v) is 5.80. The number of benzene rings is 3. The van der Waals surface area contributed by atoms with Gasteiger partial charge in [-0.2, -0.15) is 0 Å². The van der Waals surface area contributed by atoms with E-state index >= 15 is 0 Å². The van der Waals surface area contributed by atoms with Crippen molar-refractivity contribution in [1.82, 2.24) is 9.38 Å². The van der Waals surface area contributed by atoms with Crippen LogP contribution < -0.4 is 14.8 Å². The number of aromatic nitrogens is 2. The summed E-state index contributed by atoms with van der Waals surface area (Å²) in [6, 6.07) is 23.8. The second kappa shape index (κ2) is 7.18. The number of thiazole rings is 1. The highest BCUT2D eigenvalue weighted by Crippen LogP contribution is 2.18. The normalized spacial score (nSPS) is 12.1. The molecule has 0 N–H and O–H groups in total. The number of nitrogens with zero attached hydrogens (tertiary/aromatic N) is 2. The maximum atomic E-state index is 12.9. The summed E-state index contributed by atoms with van der Waals surface area (Å²) in [6.45, 7) is 2.58. The second-order valence-electron chi connectivity index (χ2n) is 6.98. The summed E-state index contributed by atoms with van der Waals surface area (Å²) in [6.07, 6.45) is 1.90. The van der Waals surface area contributed by atoms with Crippen molar-refractivity contribution < 1.29 is 4.74 Å². The van der Waals surface area contributed by atoms with E-state index in [4.69, 9.17) is 4.74 Å². The van der Waals surface area contributed by atoms with Crippen molar-refractivity contribution in [3.8, 4) is 5.75 Å². The molecular formula is C24H18N2O2S. The lowest BCUT2D eigenvalue weighted by Crippen LogP contribution is -2.22. The smallest absolute Gasteiger partial charge is 0.274 e. The highest BCUT2D eigenvalue weighted by Gasteiger charge is 2.10. The number of imidazole rings is 1. The first-order chi connectivity index (χ1) is 14.2. The molecule has 5 aromatic rings. The Balaban J connectivity index is 1.46. The Morgan fingerprint density at radius 2 is 1.86 bits per heavy atom. The zero-order chi connectivity index (χ0) is 19.8. The van der Waals surface area contributed by atoms with Gasteiger partial charge in [-0.3, -0.25) is 4.79 Å². The highest BCUT2D eigenvalue weighted by atomic mass is 32.1. The molecule has 3 aromatic carbocycles. The Kier molecular flexibility index (Phi) is 4.37. The topological polar surface area (TPSA) is 43.6 Å². The standard InChI is InChI=1S/C24H18N2O2S/c1-16-9-11-17(12-10-16)15-28-19-6-4-5-18(13-19)14-22-23(27)26-21-8-3-2-7-20(21)25-24(26)29-22/h2-14H,15H2,1H3/b22-14-. The molecule has 29 heavy (non-hydrogen) atoms. The molecule has 0 unspecified atom stereocenters. The number of rotatable bonds is 4. The van der Waals surface area contributed by atoms with E-state index in [1.807, 2.05) is 54.6 Å². The van der Waals surface area contributed by atoms with E-state index in [1.165, 1.54) is 16.9 Å². The second-order valence-corrected chi connectivity index (χ2v) is 7.99. The third-order valence-electron chi connectivity index (χ3n) is 4.83. The minimum Gasteiger partial charge on any atom is -0.489 e. The van der Waals surface area contributed by atoms with Gasteiger partial charge in [0.25, 0.3) is 5.56 Å². The van der Waals surface area contributed by atoms with Crippen molar-refractivity contribution >= 4 is 33.4 Å². The van der Waals surface area contributed by atoms with Crippen LogP contribution in [0.4, 0.5) is 0 Å². The number of hydrogen-bond acceptors (Lipinski definition) is 4. The van der Waals surface area contributed by atoms with Gasteiger partial charge in [0.15, 0.2) is 4.96 Å². The van der Waals surface area contributed by atoms with Crippen molar-refractivity contribution in [3.63, 3.8) is 0 Å². The quantitative estimate of drug-likeness (QED) is 0.452. The molecule has 0 saturated heterocycles. The molecule has 0 bridgehead atoms. The lowest BCUT2D eigenvalue weighted by atomic mass is 10.1. The maximum Gasteiger partial charge on any atom is 0.274 e. The molecule has 142 valence electrons. The van der Waals surface area contributed by atoms with Gasteiger partial charge in [0.1, 0.15) is 12.4 Å². The molecule has 0 amide bonds. The number of aryl methyl sites for hydroxylation is 1. The van der Waals surface area contributed by atoms with Crippen LogP contribution >= 0.6 is 11.3 Å². The van der Waals surface area contributed by atoms with Crippen LogP contribution in [0.15, 0.2) is 77.6 Å². The molecule has 5 rings (SSSR count). The van der Waals surface area contributed by atoms with Gasteiger partial charge in [0.05, 0.1) is 15.6 Å². The summed E-state index contributed by atoms with van der Waals surface area (Å²) in [4.78, 5) is 18.2. The van der Waals surface area contributed by atoms with Gasteiger partial charge in [-0.25, -0.2) is 9.38 Å². The van der Waals surface area contributed by atoms with Crippen LogP contribution in [0.2, 0.25) is 0 Å². The van der Waals surface area contributed by atoms with Gasteiger partial charge in [0, 0.05) is 0 Å². The molecule has 0 saturated carbocycles. The predicted molar refractivity (Wildman–Crippen MR) is 118 cm³/mol. The third kappa shape index (κ3) is 3.41. The predicted octanol–water partition coefficient (Wildman–Crippen LogP) is 4.34. The van der Waals surface area contributed by atoms with Crippen LogP contribution in [0.5, 0.6) is 5.75 Å². The molecule has 0 atom stereocenters. The minimum atomic E-state index is -0.0373. The Hall–Kier alpha value is -3.44. The molecule has 0 spiro atoms. The lowest BCUT2D eigenvalue weighted by molar-refractivity contribution is 0.306. The average molecular weight is 398 g/mol. The van der Waals surface area contributed by atoms with Gasteiger partial charge < -0.3 is 4.74 Å². The SMILES string of the molecule is Cc1ccc(COc2cccc(/C=c3\sc4nc5ccccc5n4c3=O)c2)cc1. The summed E-state index contributed by atoms with van der Waals surface area (Å²) in [7, 11) is 0. The lowest BCUT2D eigenvalue weighted by Gasteiger charge is -2.07. The van der Waals surface area contributed by atoms with Crippen molar-refractivity contribution in [2.24, 2.45) is 0 Å². The average Bonchev–Trinajstić information content (AvgIpc) is 3.24. The van der Waals surface area contributed by atoms with Crippen molar-refractivity contribution in [2.45, 2.75) is 13.5 Å². The summed E-state index contributed by atoms with van der Waals surface area (Å²) in [5, 5.41) is 0. The number of ether oxygens (including phenoxy) is 1. The van der Waals surface area contributed by atoms with E-state index in [2.05, 4.69) is 36.2 Å². The first kappa shape index (κ1) is 17.6. The van der Waals surface area contributed by atoms with Gasteiger partial charge >= 0.3 is 0 Å². The van der Waals surface area contributed by atoms with Crippen LogP contribution in [0.25, 0.3) is 22.1 Å². The number of para-hydroxylation sites is 2. The highest BCUT2D eigenvalue weighted by molar-refractivity contribution is 7.15. The maximum absolute atomic E-state index is 12.9. The van der Waals surface area contributed by atoms with Gasteiger partial charge in [-0.15, -0.1) is 0 Å². The Bertz CT molecular complexity index is 1430. The number of hydrogen-bond donors (Lipinski definition) is 0. The van der Waals surface area contributed by atoms with E-state index < -0.39 is 0 Å². The number of fused-ring (bicyclic) bond motifs is 3. The summed E-state index contributed by atoms with van der Waals surface area (Å²) < 4.78 is 8.27. The summed E-state index contributed by atoms with van der Waals surface area (Å²) in [5.74, 6) is 0.776. The molecule has 5 heteroatoms. The van der Waals surface area contributed by atoms with Crippen LogP contribution in [0.3, 0.4) is 0 Å². The molecule has 0 aliphatic heterocycles. The molecule has 0 aliphatic rings. The van der Waals surface area contributed by atoms with Gasteiger partial charge in [-0.05, 0) is 48.4 Å². The van der Waals surface area contributed by atoms with Crippen molar-refractivity contribution in [3.05, 3.63) is 104 Å². The zero-order valence-corrected chi connectivity index (χ0v) is 16.6.